The fourth-order valence-electron chi connectivity index (χ4n) is 3.20. The zero-order valence-electron chi connectivity index (χ0n) is 15.5. The van der Waals surface area contributed by atoms with E-state index in [0.29, 0.717) is 29.1 Å². The summed E-state index contributed by atoms with van der Waals surface area (Å²) in [5, 5.41) is 7.05. The number of benzene rings is 1. The average molecular weight is 388 g/mol. The van der Waals surface area contributed by atoms with Crippen LogP contribution in [0.3, 0.4) is 0 Å². The first-order valence-electron chi connectivity index (χ1n) is 9.37. The maximum atomic E-state index is 12.2. The molecule has 1 amide bonds. The Morgan fingerprint density at radius 3 is 2.85 bits per heavy atom. The van der Waals surface area contributed by atoms with Gasteiger partial charge in [-0.05, 0) is 38.0 Å². The molecule has 0 aromatic heterocycles. The molecule has 0 spiro atoms. The molecule has 0 unspecified atom stereocenters. The van der Waals surface area contributed by atoms with Gasteiger partial charge in [-0.15, -0.1) is 0 Å². The molecule has 0 bridgehead atoms. The Hall–Kier alpha value is -2.28. The zero-order valence-corrected chi connectivity index (χ0v) is 16.3. The molecule has 6 nitrogen and oxygen atoms in total. The summed E-state index contributed by atoms with van der Waals surface area (Å²) in [6.45, 7) is 2.13. The summed E-state index contributed by atoms with van der Waals surface area (Å²) in [6, 6.07) is 7.96. The fourth-order valence-corrected chi connectivity index (χ4v) is 3.95. The van der Waals surface area contributed by atoms with Crippen molar-refractivity contribution in [3.8, 4) is 0 Å². The first-order chi connectivity index (χ1) is 13.1. The highest BCUT2D eigenvalue weighted by molar-refractivity contribution is 8.14. The first kappa shape index (κ1) is 19.5. The Kier molecular flexibility index (Phi) is 6.92. The monoisotopic (exact) mass is 387 g/mol. The van der Waals surface area contributed by atoms with Gasteiger partial charge in [-0.1, -0.05) is 36.7 Å². The van der Waals surface area contributed by atoms with E-state index in [2.05, 4.69) is 15.6 Å². The van der Waals surface area contributed by atoms with Gasteiger partial charge in [0.05, 0.1) is 35.2 Å². The predicted octanol–water partition coefficient (Wildman–Crippen LogP) is 3.77. The number of carbonyl (C=O) groups is 2. The second kappa shape index (κ2) is 9.60. The number of hydrogen-bond acceptors (Lipinski definition) is 6. The van der Waals surface area contributed by atoms with Gasteiger partial charge in [0.2, 0.25) is 5.91 Å². The van der Waals surface area contributed by atoms with Crippen LogP contribution in [0.2, 0.25) is 0 Å². The van der Waals surface area contributed by atoms with Crippen LogP contribution in [0, 0.1) is 0 Å². The Morgan fingerprint density at radius 1 is 1.30 bits per heavy atom. The summed E-state index contributed by atoms with van der Waals surface area (Å²) in [5.74, 6) is 0.0418. The third-order valence-electron chi connectivity index (χ3n) is 4.44. The number of nitrogens with zero attached hydrogens (tertiary/aromatic N) is 1. The SMILES string of the molecule is CCOC(=O)CC1=CC(SCC(=O)NC2CCCC2)=Nc2ccccc2N1. The lowest BCUT2D eigenvalue weighted by Crippen LogP contribution is -2.34. The van der Waals surface area contributed by atoms with E-state index in [1.807, 2.05) is 30.3 Å². The molecule has 2 aliphatic rings. The van der Waals surface area contributed by atoms with Gasteiger partial charge < -0.3 is 15.4 Å². The largest absolute Gasteiger partial charge is 0.466 e. The third kappa shape index (κ3) is 5.85. The Morgan fingerprint density at radius 2 is 2.07 bits per heavy atom. The van der Waals surface area contributed by atoms with Crippen molar-refractivity contribution in [2.24, 2.45) is 4.99 Å². The molecule has 27 heavy (non-hydrogen) atoms. The van der Waals surface area contributed by atoms with E-state index in [1.54, 1.807) is 6.92 Å². The normalized spacial score (nSPS) is 16.5. The molecule has 1 saturated carbocycles. The Bertz CT molecular complexity index is 755. The lowest BCUT2D eigenvalue weighted by Gasteiger charge is -2.11. The molecule has 0 saturated heterocycles. The van der Waals surface area contributed by atoms with E-state index in [9.17, 15) is 9.59 Å². The van der Waals surface area contributed by atoms with Gasteiger partial charge in [-0.2, -0.15) is 0 Å². The maximum Gasteiger partial charge on any atom is 0.311 e. The molecule has 0 radical (unpaired) electrons. The minimum atomic E-state index is -0.293. The van der Waals surface area contributed by atoms with Crippen LogP contribution in [-0.2, 0) is 14.3 Å². The maximum absolute atomic E-state index is 12.2. The summed E-state index contributed by atoms with van der Waals surface area (Å²) in [5.41, 5.74) is 2.33. The van der Waals surface area contributed by atoms with Crippen LogP contribution < -0.4 is 10.6 Å². The smallest absolute Gasteiger partial charge is 0.311 e. The Balaban J connectivity index is 1.68. The number of nitrogens with one attached hydrogen (secondary N) is 2. The molecule has 0 atom stereocenters. The molecule has 1 aliphatic carbocycles. The molecule has 1 fully saturated rings. The quantitative estimate of drug-likeness (QED) is 0.727. The van der Waals surface area contributed by atoms with Gasteiger partial charge >= 0.3 is 5.97 Å². The van der Waals surface area contributed by atoms with Crippen LogP contribution in [0.4, 0.5) is 11.4 Å². The molecular formula is C20H25N3O3S. The van der Waals surface area contributed by atoms with Gasteiger partial charge in [-0.25, -0.2) is 4.99 Å². The molecule has 7 heteroatoms. The molecule has 1 heterocycles. The summed E-state index contributed by atoms with van der Waals surface area (Å²) < 4.78 is 5.05. The molecule has 2 N–H and O–H groups in total. The van der Waals surface area contributed by atoms with Crippen molar-refractivity contribution in [1.82, 2.24) is 5.32 Å². The lowest BCUT2D eigenvalue weighted by molar-refractivity contribution is -0.142. The van der Waals surface area contributed by atoms with E-state index in [1.165, 1.54) is 24.6 Å². The third-order valence-corrected chi connectivity index (χ3v) is 5.35. The minimum absolute atomic E-state index is 0.0282. The van der Waals surface area contributed by atoms with Crippen LogP contribution in [0.1, 0.15) is 39.0 Å². The van der Waals surface area contributed by atoms with Crippen molar-refractivity contribution in [3.05, 3.63) is 36.0 Å². The highest BCUT2D eigenvalue weighted by atomic mass is 32.2. The van der Waals surface area contributed by atoms with Crippen LogP contribution >= 0.6 is 11.8 Å². The van der Waals surface area contributed by atoms with Crippen molar-refractivity contribution in [2.75, 3.05) is 17.7 Å². The topological polar surface area (TPSA) is 79.8 Å². The number of thioether (sulfide) groups is 1. The highest BCUT2D eigenvalue weighted by Gasteiger charge is 2.18. The fraction of sp³-hybridized carbons (Fsp3) is 0.450. The number of ether oxygens (including phenoxy) is 1. The number of hydrogen-bond donors (Lipinski definition) is 2. The number of fused-ring (bicyclic) bond motifs is 1. The van der Waals surface area contributed by atoms with E-state index in [0.717, 1.165) is 24.2 Å². The van der Waals surface area contributed by atoms with Gasteiger partial charge in [0.1, 0.15) is 0 Å². The summed E-state index contributed by atoms with van der Waals surface area (Å²) >= 11 is 1.38. The second-order valence-corrected chi connectivity index (χ2v) is 7.58. The van der Waals surface area contributed by atoms with E-state index in [-0.39, 0.29) is 18.3 Å². The number of carbonyl (C=O) groups excluding carboxylic acids is 2. The minimum Gasteiger partial charge on any atom is -0.466 e. The van der Waals surface area contributed by atoms with Gasteiger partial charge in [-0.3, -0.25) is 9.59 Å². The number of para-hydroxylation sites is 2. The standard InChI is InChI=1S/C20H25N3O3S/c1-2-26-20(25)12-15-11-19(23-17-10-6-5-9-16(17)21-15)27-13-18(24)22-14-7-3-4-8-14/h5-6,9-11,14,21H,2-4,7-8,12-13H2,1H3,(H,22,24). The van der Waals surface area contributed by atoms with Crippen molar-refractivity contribution in [1.29, 1.82) is 0 Å². The molecule has 1 aliphatic heterocycles. The van der Waals surface area contributed by atoms with Crippen LogP contribution in [-0.4, -0.2) is 35.3 Å². The molecule has 3 rings (SSSR count). The Labute approximate surface area is 163 Å². The van der Waals surface area contributed by atoms with Crippen LogP contribution in [0.25, 0.3) is 0 Å². The number of esters is 1. The summed E-state index contributed by atoms with van der Waals surface area (Å²) in [6.07, 6.45) is 6.47. The lowest BCUT2D eigenvalue weighted by atomic mass is 10.2. The summed E-state index contributed by atoms with van der Waals surface area (Å²) in [7, 11) is 0. The van der Waals surface area contributed by atoms with Crippen LogP contribution in [0.5, 0.6) is 0 Å². The molecular weight excluding hydrogens is 362 g/mol. The highest BCUT2D eigenvalue weighted by Crippen LogP contribution is 2.31. The van der Waals surface area contributed by atoms with Gasteiger partial charge in [0.25, 0.3) is 0 Å². The van der Waals surface area contributed by atoms with Crippen molar-refractivity contribution >= 4 is 40.1 Å². The van der Waals surface area contributed by atoms with Gasteiger partial charge in [0, 0.05) is 11.7 Å². The number of anilines is 1. The number of aliphatic imine (C=N–C) groups is 1. The zero-order chi connectivity index (χ0) is 19.1. The van der Waals surface area contributed by atoms with Gasteiger partial charge in [0.15, 0.2) is 0 Å². The summed E-state index contributed by atoms with van der Waals surface area (Å²) in [4.78, 5) is 28.8. The number of rotatable bonds is 6. The van der Waals surface area contributed by atoms with E-state index >= 15 is 0 Å². The predicted molar refractivity (Wildman–Crippen MR) is 109 cm³/mol. The van der Waals surface area contributed by atoms with Crippen molar-refractivity contribution in [3.63, 3.8) is 0 Å². The first-order valence-corrected chi connectivity index (χ1v) is 10.4. The average Bonchev–Trinajstić information content (AvgIpc) is 3.07. The van der Waals surface area contributed by atoms with E-state index < -0.39 is 0 Å². The number of amides is 1. The van der Waals surface area contributed by atoms with Crippen molar-refractivity contribution < 1.29 is 14.3 Å². The van der Waals surface area contributed by atoms with E-state index in [4.69, 9.17) is 4.74 Å². The van der Waals surface area contributed by atoms with Crippen molar-refractivity contribution in [2.45, 2.75) is 45.1 Å². The van der Waals surface area contributed by atoms with Crippen LogP contribution in [0.15, 0.2) is 41.0 Å². The second-order valence-electron chi connectivity index (χ2n) is 6.58. The molecule has 144 valence electrons. The molecule has 1 aromatic rings. The molecule has 1 aromatic carbocycles.